The number of hydrazone groups is 1. The first-order valence-corrected chi connectivity index (χ1v) is 9.10. The van der Waals surface area contributed by atoms with E-state index < -0.39 is 5.91 Å². The largest absolute Gasteiger partial charge is 0.343 e. The minimum absolute atomic E-state index is 0.141. The van der Waals surface area contributed by atoms with Gasteiger partial charge in [-0.1, -0.05) is 28.1 Å². The van der Waals surface area contributed by atoms with E-state index in [1.807, 2.05) is 30.5 Å². The molecule has 0 saturated carbocycles. The maximum absolute atomic E-state index is 11.9. The molecule has 0 heterocycles. The molecule has 0 aliphatic carbocycles. The average Bonchev–Trinajstić information content (AvgIpc) is 2.61. The van der Waals surface area contributed by atoms with Crippen LogP contribution in [0.5, 0.6) is 0 Å². The van der Waals surface area contributed by atoms with Crippen molar-refractivity contribution >= 4 is 45.7 Å². The monoisotopic (exact) mass is 405 g/mol. The lowest BCUT2D eigenvalue weighted by Crippen LogP contribution is -2.34. The molecule has 2 N–H and O–H groups in total. The maximum Gasteiger partial charge on any atom is 0.259 e. The summed E-state index contributed by atoms with van der Waals surface area (Å²) in [6.07, 6.45) is 3.56. The molecule has 0 saturated heterocycles. The van der Waals surface area contributed by atoms with E-state index in [4.69, 9.17) is 0 Å². The van der Waals surface area contributed by atoms with E-state index in [1.165, 1.54) is 0 Å². The van der Waals surface area contributed by atoms with Gasteiger partial charge in [0.15, 0.2) is 0 Å². The van der Waals surface area contributed by atoms with Crippen molar-refractivity contribution in [1.82, 2.24) is 10.7 Å². The maximum atomic E-state index is 11.9. The van der Waals surface area contributed by atoms with Crippen molar-refractivity contribution in [3.8, 4) is 0 Å². The second-order valence-corrected chi connectivity index (χ2v) is 6.55. The smallest absolute Gasteiger partial charge is 0.259 e. The van der Waals surface area contributed by atoms with Crippen LogP contribution in [-0.2, 0) is 4.79 Å². The Hall–Kier alpha value is -2.12. The molecule has 0 fully saturated rings. The molecule has 0 bridgehead atoms. The van der Waals surface area contributed by atoms with Gasteiger partial charge < -0.3 is 5.32 Å². The number of hydrogen-bond donors (Lipinski definition) is 2. The first-order chi connectivity index (χ1) is 11.6. The predicted molar refractivity (Wildman–Crippen MR) is 100 cm³/mol. The molecular formula is C17H16BrN3O2S. The number of nitrogens with zero attached hydrogens (tertiary/aromatic N) is 1. The quantitative estimate of drug-likeness (QED) is 0.440. The summed E-state index contributed by atoms with van der Waals surface area (Å²) in [6, 6.07) is 14.7. The normalized spacial score (nSPS) is 10.6. The molecule has 24 heavy (non-hydrogen) atoms. The topological polar surface area (TPSA) is 70.6 Å². The van der Waals surface area contributed by atoms with E-state index >= 15 is 0 Å². The number of nitrogens with one attached hydrogen (secondary N) is 2. The van der Waals surface area contributed by atoms with E-state index in [2.05, 4.69) is 31.8 Å². The van der Waals surface area contributed by atoms with Crippen LogP contribution in [-0.4, -0.2) is 30.8 Å². The Bertz CT molecular complexity index is 731. The van der Waals surface area contributed by atoms with Crippen molar-refractivity contribution in [3.63, 3.8) is 0 Å². The zero-order valence-electron chi connectivity index (χ0n) is 13.0. The molecule has 0 aromatic heterocycles. The first kappa shape index (κ1) is 18.2. The molecule has 7 heteroatoms. The number of carbonyl (C=O) groups excluding carboxylic acids is 2. The molecule has 2 amide bonds. The third-order valence-electron chi connectivity index (χ3n) is 3.03. The van der Waals surface area contributed by atoms with Crippen molar-refractivity contribution in [2.24, 2.45) is 5.10 Å². The lowest BCUT2D eigenvalue weighted by Gasteiger charge is -2.04. The van der Waals surface area contributed by atoms with E-state index in [0.29, 0.717) is 5.56 Å². The summed E-state index contributed by atoms with van der Waals surface area (Å²) in [7, 11) is 0. The summed E-state index contributed by atoms with van der Waals surface area (Å²) in [5.41, 5.74) is 3.75. The molecule has 2 aromatic rings. The van der Waals surface area contributed by atoms with Gasteiger partial charge in [0.25, 0.3) is 11.8 Å². The lowest BCUT2D eigenvalue weighted by molar-refractivity contribution is -0.120. The van der Waals surface area contributed by atoms with Crippen molar-refractivity contribution in [2.75, 3.05) is 12.8 Å². The summed E-state index contributed by atoms with van der Waals surface area (Å²) in [5, 5.41) is 6.41. The van der Waals surface area contributed by atoms with Crippen LogP contribution in [0.3, 0.4) is 0 Å². The van der Waals surface area contributed by atoms with Crippen LogP contribution in [0.2, 0.25) is 0 Å². The highest BCUT2D eigenvalue weighted by molar-refractivity contribution is 9.10. The van der Waals surface area contributed by atoms with Gasteiger partial charge in [-0.25, -0.2) is 5.43 Å². The fourth-order valence-corrected chi connectivity index (χ4v) is 2.44. The number of halogens is 1. The zero-order valence-corrected chi connectivity index (χ0v) is 15.4. The molecule has 124 valence electrons. The molecule has 0 aliphatic rings. The number of hydrogen-bond acceptors (Lipinski definition) is 4. The van der Waals surface area contributed by atoms with Crippen molar-refractivity contribution < 1.29 is 9.59 Å². The van der Waals surface area contributed by atoms with Crippen LogP contribution >= 0.6 is 27.7 Å². The van der Waals surface area contributed by atoms with Crippen LogP contribution in [0, 0.1) is 0 Å². The number of amides is 2. The molecule has 2 rings (SSSR count). The van der Waals surface area contributed by atoms with Crippen molar-refractivity contribution in [1.29, 1.82) is 0 Å². The van der Waals surface area contributed by atoms with Crippen LogP contribution in [0.25, 0.3) is 0 Å². The standard InChI is InChI=1S/C17H16BrN3O2S/c1-24-15-8-2-12(3-9-15)10-20-21-16(22)11-19-17(23)13-4-6-14(18)7-5-13/h2-10H,11H2,1H3,(H,19,23)(H,21,22)/b20-10-. The second-order valence-electron chi connectivity index (χ2n) is 4.76. The minimum Gasteiger partial charge on any atom is -0.343 e. The van der Waals surface area contributed by atoms with Gasteiger partial charge in [0.2, 0.25) is 0 Å². The Kier molecular flexibility index (Phi) is 7.02. The SMILES string of the molecule is CSc1ccc(/C=N\NC(=O)CNC(=O)c2ccc(Br)cc2)cc1. The number of carbonyl (C=O) groups is 2. The summed E-state index contributed by atoms with van der Waals surface area (Å²) in [4.78, 5) is 24.7. The van der Waals surface area contributed by atoms with Crippen LogP contribution < -0.4 is 10.7 Å². The fourth-order valence-electron chi connectivity index (χ4n) is 1.77. The van der Waals surface area contributed by atoms with E-state index in [9.17, 15) is 9.59 Å². The summed E-state index contributed by atoms with van der Waals surface area (Å²) < 4.78 is 0.886. The van der Waals surface area contributed by atoms with Crippen molar-refractivity contribution in [2.45, 2.75) is 4.90 Å². The molecule has 0 spiro atoms. The third kappa shape index (κ3) is 5.82. The van der Waals surface area contributed by atoms with Crippen LogP contribution in [0.1, 0.15) is 15.9 Å². The molecular weight excluding hydrogens is 390 g/mol. The van der Waals surface area contributed by atoms with Gasteiger partial charge >= 0.3 is 0 Å². The average molecular weight is 406 g/mol. The summed E-state index contributed by atoms with van der Waals surface area (Å²) >= 11 is 4.96. The molecule has 0 radical (unpaired) electrons. The molecule has 2 aromatic carbocycles. The Balaban J connectivity index is 1.77. The van der Waals surface area contributed by atoms with Gasteiger partial charge in [0.1, 0.15) is 0 Å². The lowest BCUT2D eigenvalue weighted by atomic mass is 10.2. The molecule has 0 unspecified atom stereocenters. The minimum atomic E-state index is -0.391. The third-order valence-corrected chi connectivity index (χ3v) is 4.31. The van der Waals surface area contributed by atoms with Gasteiger partial charge in [-0.3, -0.25) is 9.59 Å². The molecule has 5 nitrogen and oxygen atoms in total. The van der Waals surface area contributed by atoms with E-state index in [1.54, 1.807) is 42.2 Å². The van der Waals surface area contributed by atoms with Gasteiger partial charge in [-0.15, -0.1) is 11.8 Å². The van der Waals surface area contributed by atoms with Gasteiger partial charge in [-0.2, -0.15) is 5.10 Å². The Morgan fingerprint density at radius 1 is 1.12 bits per heavy atom. The van der Waals surface area contributed by atoms with Gasteiger partial charge in [0.05, 0.1) is 12.8 Å². The van der Waals surface area contributed by atoms with Gasteiger partial charge in [0, 0.05) is 14.9 Å². The highest BCUT2D eigenvalue weighted by atomic mass is 79.9. The molecule has 0 atom stereocenters. The van der Waals surface area contributed by atoms with Crippen molar-refractivity contribution in [3.05, 3.63) is 64.1 Å². The van der Waals surface area contributed by atoms with Crippen LogP contribution in [0.4, 0.5) is 0 Å². The zero-order chi connectivity index (χ0) is 17.4. The van der Waals surface area contributed by atoms with E-state index in [-0.39, 0.29) is 12.5 Å². The van der Waals surface area contributed by atoms with Crippen LogP contribution in [0.15, 0.2) is 63.0 Å². The highest BCUT2D eigenvalue weighted by Gasteiger charge is 2.07. The summed E-state index contributed by atoms with van der Waals surface area (Å²) in [6.45, 7) is -0.141. The predicted octanol–water partition coefficient (Wildman–Crippen LogP) is 3.05. The number of thioether (sulfide) groups is 1. The molecule has 0 aliphatic heterocycles. The number of benzene rings is 2. The first-order valence-electron chi connectivity index (χ1n) is 7.08. The number of rotatable bonds is 6. The Morgan fingerprint density at radius 3 is 2.42 bits per heavy atom. The fraction of sp³-hybridized carbons (Fsp3) is 0.118. The summed E-state index contributed by atoms with van der Waals surface area (Å²) in [5.74, 6) is -0.702. The van der Waals surface area contributed by atoms with Gasteiger partial charge in [-0.05, 0) is 48.2 Å². The highest BCUT2D eigenvalue weighted by Crippen LogP contribution is 2.13. The second kappa shape index (κ2) is 9.24. The van der Waals surface area contributed by atoms with E-state index in [0.717, 1.165) is 14.9 Å². The Morgan fingerprint density at radius 2 is 1.79 bits per heavy atom. The Labute approximate surface area is 153 Å².